The Morgan fingerprint density at radius 1 is 1.40 bits per heavy atom. The Labute approximate surface area is 60.6 Å². The van der Waals surface area contributed by atoms with Crippen LogP contribution >= 0.6 is 0 Å². The highest BCUT2D eigenvalue weighted by molar-refractivity contribution is 5.59. The number of hydroxylamine groups is 1. The molecule has 10 heavy (non-hydrogen) atoms. The lowest BCUT2D eigenvalue weighted by Crippen LogP contribution is -2.09. The quantitative estimate of drug-likeness (QED) is 0.276. The van der Waals surface area contributed by atoms with Crippen LogP contribution in [0.4, 0.5) is 0 Å². The third kappa shape index (κ3) is 7.55. The van der Waals surface area contributed by atoms with Crippen molar-refractivity contribution in [2.45, 2.75) is 12.8 Å². The maximum atomic E-state index is 8.36. The van der Waals surface area contributed by atoms with Gasteiger partial charge in [0.25, 0.3) is 0 Å². The molecule has 0 unspecified atom stereocenters. The van der Waals surface area contributed by atoms with Crippen molar-refractivity contribution in [2.75, 3.05) is 19.7 Å². The van der Waals surface area contributed by atoms with Crippen molar-refractivity contribution in [2.24, 2.45) is 4.99 Å². The fourth-order valence-electron chi connectivity index (χ4n) is 0.512. The minimum Gasteiger partial charge on any atom is -0.396 e. The Bertz CT molecular complexity index is 85.8. The summed E-state index contributed by atoms with van der Waals surface area (Å²) in [4.78, 5) is 3.94. The summed E-state index contributed by atoms with van der Waals surface area (Å²) < 4.78 is 0. The number of hydrogen-bond donors (Lipinski definition) is 3. The molecule has 0 aliphatic heterocycles. The average Bonchev–Trinajstić information content (AvgIpc) is 1.97. The Morgan fingerprint density at radius 3 is 2.80 bits per heavy atom. The molecule has 0 saturated carbocycles. The zero-order valence-electron chi connectivity index (χ0n) is 5.95. The van der Waals surface area contributed by atoms with E-state index in [4.69, 9.17) is 10.3 Å². The molecule has 0 aromatic heterocycles. The topological polar surface area (TPSA) is 64.9 Å². The molecule has 4 heteroatoms. The predicted octanol–water partition coefficient (Wildman–Crippen LogP) is -0.192. The van der Waals surface area contributed by atoms with Gasteiger partial charge >= 0.3 is 0 Å². The van der Waals surface area contributed by atoms with E-state index in [0.717, 1.165) is 19.4 Å². The summed E-state index contributed by atoms with van der Waals surface area (Å²) >= 11 is 0. The van der Waals surface area contributed by atoms with E-state index in [1.807, 2.05) is 5.48 Å². The number of aliphatic hydroxyl groups excluding tert-OH is 1. The minimum atomic E-state index is 0.230. The van der Waals surface area contributed by atoms with E-state index in [1.165, 1.54) is 0 Å². The van der Waals surface area contributed by atoms with Crippen LogP contribution in [-0.4, -0.2) is 36.2 Å². The summed E-state index contributed by atoms with van der Waals surface area (Å²) in [6.07, 6.45) is 3.31. The molecule has 0 saturated heterocycles. The van der Waals surface area contributed by atoms with Crippen molar-refractivity contribution in [1.29, 1.82) is 0 Å². The second-order valence-corrected chi connectivity index (χ2v) is 1.88. The van der Waals surface area contributed by atoms with Crippen LogP contribution in [0.3, 0.4) is 0 Å². The zero-order chi connectivity index (χ0) is 7.66. The maximum absolute atomic E-state index is 8.36. The highest BCUT2D eigenvalue weighted by Gasteiger charge is 1.81. The van der Waals surface area contributed by atoms with Gasteiger partial charge in [-0.1, -0.05) is 0 Å². The largest absolute Gasteiger partial charge is 0.396 e. The summed E-state index contributed by atoms with van der Waals surface area (Å²) in [5, 5.41) is 16.5. The summed E-state index contributed by atoms with van der Waals surface area (Å²) in [5.74, 6) is 0. The number of aliphatic hydroxyl groups is 1. The lowest BCUT2D eigenvalue weighted by Gasteiger charge is -1.91. The fraction of sp³-hybridized carbons (Fsp3) is 0.833. The second-order valence-electron chi connectivity index (χ2n) is 1.88. The number of aliphatic imine (C=N–C) groups is 1. The summed E-state index contributed by atoms with van der Waals surface area (Å²) in [5.41, 5.74) is 1.96. The molecule has 0 fully saturated rings. The molecule has 0 aliphatic rings. The Hall–Kier alpha value is -0.450. The molecule has 4 nitrogen and oxygen atoms in total. The van der Waals surface area contributed by atoms with Crippen LogP contribution in [0.25, 0.3) is 0 Å². The molecule has 0 amide bonds. The first-order valence-electron chi connectivity index (χ1n) is 3.38. The van der Waals surface area contributed by atoms with Gasteiger partial charge in [0, 0.05) is 19.4 Å². The van der Waals surface area contributed by atoms with Crippen molar-refractivity contribution in [3.8, 4) is 0 Å². The molecule has 0 rings (SSSR count). The van der Waals surface area contributed by atoms with Crippen LogP contribution in [-0.2, 0) is 0 Å². The predicted molar refractivity (Wildman–Crippen MR) is 39.5 cm³/mol. The Balaban J connectivity index is 2.88. The summed E-state index contributed by atoms with van der Waals surface area (Å²) in [7, 11) is 0. The van der Waals surface area contributed by atoms with Crippen molar-refractivity contribution in [3.05, 3.63) is 0 Å². The molecule has 60 valence electrons. The van der Waals surface area contributed by atoms with Crippen molar-refractivity contribution >= 4 is 6.21 Å². The van der Waals surface area contributed by atoms with Crippen LogP contribution in [0.5, 0.6) is 0 Å². The van der Waals surface area contributed by atoms with Crippen molar-refractivity contribution in [3.63, 3.8) is 0 Å². The van der Waals surface area contributed by atoms with Gasteiger partial charge in [-0.3, -0.25) is 4.99 Å². The number of unbranched alkanes of at least 4 members (excludes halogenated alkanes) is 1. The van der Waals surface area contributed by atoms with Gasteiger partial charge in [0.15, 0.2) is 0 Å². The Morgan fingerprint density at radius 2 is 2.20 bits per heavy atom. The smallest absolute Gasteiger partial charge is 0.0557 e. The van der Waals surface area contributed by atoms with E-state index >= 15 is 0 Å². The van der Waals surface area contributed by atoms with Crippen LogP contribution < -0.4 is 5.48 Å². The van der Waals surface area contributed by atoms with Crippen molar-refractivity contribution in [1.82, 2.24) is 5.48 Å². The van der Waals surface area contributed by atoms with Gasteiger partial charge in [-0.25, -0.2) is 5.48 Å². The second kappa shape index (κ2) is 8.55. The van der Waals surface area contributed by atoms with Gasteiger partial charge in [-0.05, 0) is 12.8 Å². The molecular formula is C6H14N2O2. The van der Waals surface area contributed by atoms with Gasteiger partial charge < -0.3 is 10.3 Å². The molecule has 0 heterocycles. The number of nitrogens with zero attached hydrogens (tertiary/aromatic N) is 1. The first kappa shape index (κ1) is 9.55. The zero-order valence-corrected chi connectivity index (χ0v) is 5.95. The fourth-order valence-corrected chi connectivity index (χ4v) is 0.512. The van der Waals surface area contributed by atoms with Gasteiger partial charge in [0.05, 0.1) is 6.54 Å². The molecule has 0 radical (unpaired) electrons. The molecule has 3 N–H and O–H groups in total. The first-order chi connectivity index (χ1) is 4.91. The molecule has 0 bridgehead atoms. The third-order valence-corrected chi connectivity index (χ3v) is 1.01. The van der Waals surface area contributed by atoms with E-state index in [9.17, 15) is 0 Å². The lowest BCUT2D eigenvalue weighted by atomic mass is 10.3. The maximum Gasteiger partial charge on any atom is 0.0557 e. The van der Waals surface area contributed by atoms with E-state index in [1.54, 1.807) is 6.21 Å². The highest BCUT2D eigenvalue weighted by Crippen LogP contribution is 1.85. The van der Waals surface area contributed by atoms with E-state index in [2.05, 4.69) is 4.99 Å². The van der Waals surface area contributed by atoms with Crippen LogP contribution in [0.2, 0.25) is 0 Å². The van der Waals surface area contributed by atoms with Gasteiger partial charge in [-0.15, -0.1) is 0 Å². The van der Waals surface area contributed by atoms with Gasteiger partial charge in [-0.2, -0.15) is 0 Å². The lowest BCUT2D eigenvalue weighted by molar-refractivity contribution is 0.184. The van der Waals surface area contributed by atoms with Crippen LogP contribution in [0.15, 0.2) is 4.99 Å². The van der Waals surface area contributed by atoms with Crippen LogP contribution in [0.1, 0.15) is 12.8 Å². The number of hydrogen-bond acceptors (Lipinski definition) is 4. The number of nitrogens with one attached hydrogen (secondary N) is 1. The molecular weight excluding hydrogens is 132 g/mol. The molecule has 0 spiro atoms. The Kier molecular flexibility index (Phi) is 8.17. The monoisotopic (exact) mass is 146 g/mol. The molecule has 0 aromatic carbocycles. The van der Waals surface area contributed by atoms with E-state index in [0.29, 0.717) is 6.54 Å². The standard InChI is InChI=1S/C6H14N2O2/c9-6-2-1-3-7-4-5-8-10/h4,8-10H,1-3,5-6H2. The summed E-state index contributed by atoms with van der Waals surface area (Å²) in [6.45, 7) is 1.34. The third-order valence-electron chi connectivity index (χ3n) is 1.01. The minimum absolute atomic E-state index is 0.230. The van der Waals surface area contributed by atoms with Crippen molar-refractivity contribution < 1.29 is 10.3 Å². The van der Waals surface area contributed by atoms with E-state index < -0.39 is 0 Å². The number of rotatable bonds is 6. The highest BCUT2D eigenvalue weighted by atomic mass is 16.5. The van der Waals surface area contributed by atoms with Crippen LogP contribution in [0, 0.1) is 0 Å². The molecule has 0 atom stereocenters. The average molecular weight is 146 g/mol. The van der Waals surface area contributed by atoms with Gasteiger partial charge in [0.1, 0.15) is 0 Å². The van der Waals surface area contributed by atoms with Gasteiger partial charge in [0.2, 0.25) is 0 Å². The summed E-state index contributed by atoms with van der Waals surface area (Å²) in [6, 6.07) is 0. The first-order valence-corrected chi connectivity index (χ1v) is 3.38. The SMILES string of the molecule is OCCCCN=CCNO. The molecule has 0 aromatic rings. The normalized spacial score (nSPS) is 11.0. The van der Waals surface area contributed by atoms with E-state index in [-0.39, 0.29) is 6.61 Å². The molecule has 0 aliphatic carbocycles.